The van der Waals surface area contributed by atoms with Crippen molar-refractivity contribution in [3.8, 4) is 11.5 Å². The Labute approximate surface area is 168 Å². The van der Waals surface area contributed by atoms with Gasteiger partial charge in [0.05, 0.1) is 11.4 Å². The summed E-state index contributed by atoms with van der Waals surface area (Å²) in [4.78, 5) is 26.1. The molecule has 6 nitrogen and oxygen atoms in total. The predicted molar refractivity (Wildman–Crippen MR) is 105 cm³/mol. The minimum absolute atomic E-state index is 0.0363. The number of hydrogen-bond acceptors (Lipinski definition) is 4. The molecule has 1 aliphatic carbocycles. The van der Waals surface area contributed by atoms with Crippen molar-refractivity contribution in [1.82, 2.24) is 4.90 Å². The maximum atomic E-state index is 13.0. The van der Waals surface area contributed by atoms with Crippen molar-refractivity contribution in [3.63, 3.8) is 0 Å². The highest BCUT2D eigenvalue weighted by Crippen LogP contribution is 2.38. The molecule has 0 atom stereocenters. The number of primary amides is 1. The quantitative estimate of drug-likeness (QED) is 0.808. The van der Waals surface area contributed by atoms with Gasteiger partial charge in [-0.25, -0.2) is 0 Å². The van der Waals surface area contributed by atoms with Crippen molar-refractivity contribution in [2.45, 2.75) is 31.8 Å². The maximum absolute atomic E-state index is 13.0. The number of ether oxygens (including phenoxy) is 2. The zero-order valence-corrected chi connectivity index (χ0v) is 16.1. The average molecular weight is 401 g/mol. The highest BCUT2D eigenvalue weighted by molar-refractivity contribution is 6.32. The third-order valence-corrected chi connectivity index (χ3v) is 5.19. The number of halogens is 1. The Bertz CT molecular complexity index is 909. The maximum Gasteiger partial charge on any atom is 0.248 e. The lowest BCUT2D eigenvalue weighted by molar-refractivity contribution is -0.131. The van der Waals surface area contributed by atoms with E-state index < -0.39 is 5.91 Å². The standard InChI is InChI=1S/C21H21ClN2O4/c22-17-9-14(10-18-20(17)28-8-7-27-18)11-19(25)24(16-5-6-16)12-13-1-3-15(4-2-13)21(23)26/h1-4,9-10,16H,5-8,11-12H2,(H2,23,26). The van der Waals surface area contributed by atoms with E-state index in [0.29, 0.717) is 41.8 Å². The third kappa shape index (κ3) is 4.07. The summed E-state index contributed by atoms with van der Waals surface area (Å²) in [6.45, 7) is 1.44. The summed E-state index contributed by atoms with van der Waals surface area (Å²) in [5, 5.41) is 0.458. The minimum atomic E-state index is -0.461. The number of benzene rings is 2. The molecule has 1 heterocycles. The fraction of sp³-hybridized carbons (Fsp3) is 0.333. The van der Waals surface area contributed by atoms with E-state index in [0.717, 1.165) is 24.0 Å². The SMILES string of the molecule is NC(=O)c1ccc(CN(C(=O)Cc2cc(Cl)c3c(c2)OCCO3)C2CC2)cc1. The van der Waals surface area contributed by atoms with Crippen molar-refractivity contribution >= 4 is 23.4 Å². The van der Waals surface area contributed by atoms with Gasteiger partial charge < -0.3 is 20.1 Å². The zero-order chi connectivity index (χ0) is 19.7. The predicted octanol–water partition coefficient (Wildman–Crippen LogP) is 2.94. The first-order valence-electron chi connectivity index (χ1n) is 9.27. The first kappa shape index (κ1) is 18.6. The van der Waals surface area contributed by atoms with Crippen LogP contribution in [0.4, 0.5) is 0 Å². The van der Waals surface area contributed by atoms with Crippen LogP contribution in [0.1, 0.15) is 34.3 Å². The van der Waals surface area contributed by atoms with Gasteiger partial charge in [-0.2, -0.15) is 0 Å². The van der Waals surface area contributed by atoms with Crippen LogP contribution in [0.15, 0.2) is 36.4 Å². The third-order valence-electron chi connectivity index (χ3n) is 4.91. The van der Waals surface area contributed by atoms with E-state index in [1.54, 1.807) is 18.2 Å². The van der Waals surface area contributed by atoms with Crippen LogP contribution in [0.5, 0.6) is 11.5 Å². The van der Waals surface area contributed by atoms with Gasteiger partial charge in [0, 0.05) is 18.2 Å². The lowest BCUT2D eigenvalue weighted by atomic mass is 10.1. The summed E-state index contributed by atoms with van der Waals surface area (Å²) in [7, 11) is 0. The molecule has 0 bridgehead atoms. The molecule has 1 fully saturated rings. The molecule has 2 aromatic carbocycles. The molecule has 7 heteroatoms. The van der Waals surface area contributed by atoms with Crippen LogP contribution >= 0.6 is 11.6 Å². The van der Waals surface area contributed by atoms with Gasteiger partial charge in [-0.3, -0.25) is 9.59 Å². The molecule has 0 unspecified atom stereocenters. The van der Waals surface area contributed by atoms with Gasteiger partial charge >= 0.3 is 0 Å². The highest BCUT2D eigenvalue weighted by Gasteiger charge is 2.32. The number of nitrogens with two attached hydrogens (primary N) is 1. The molecule has 2 N–H and O–H groups in total. The molecule has 4 rings (SSSR count). The first-order valence-corrected chi connectivity index (χ1v) is 9.65. The van der Waals surface area contributed by atoms with Gasteiger partial charge in [0.2, 0.25) is 11.8 Å². The molecule has 28 heavy (non-hydrogen) atoms. The van der Waals surface area contributed by atoms with Crippen molar-refractivity contribution < 1.29 is 19.1 Å². The molecule has 2 amide bonds. The summed E-state index contributed by atoms with van der Waals surface area (Å²) < 4.78 is 11.1. The van der Waals surface area contributed by atoms with Crippen molar-refractivity contribution in [3.05, 3.63) is 58.1 Å². The Morgan fingerprint density at radius 2 is 1.79 bits per heavy atom. The second kappa shape index (κ2) is 7.72. The van der Waals surface area contributed by atoms with E-state index >= 15 is 0 Å². The molecule has 1 saturated carbocycles. The summed E-state index contributed by atoms with van der Waals surface area (Å²) in [6, 6.07) is 10.9. The number of fused-ring (bicyclic) bond motifs is 1. The average Bonchev–Trinajstić information content (AvgIpc) is 3.51. The highest BCUT2D eigenvalue weighted by atomic mass is 35.5. The van der Waals surface area contributed by atoms with E-state index in [2.05, 4.69) is 0 Å². The first-order chi connectivity index (χ1) is 13.5. The second-order valence-electron chi connectivity index (χ2n) is 7.09. The normalized spacial score (nSPS) is 15.2. The van der Waals surface area contributed by atoms with E-state index in [4.69, 9.17) is 26.8 Å². The molecule has 146 valence electrons. The fourth-order valence-corrected chi connectivity index (χ4v) is 3.61. The number of rotatable bonds is 6. The van der Waals surface area contributed by atoms with E-state index in [1.165, 1.54) is 0 Å². The molecule has 1 aliphatic heterocycles. The van der Waals surface area contributed by atoms with Crippen LogP contribution in [0.25, 0.3) is 0 Å². The summed E-state index contributed by atoms with van der Waals surface area (Å²) >= 11 is 6.29. The van der Waals surface area contributed by atoms with Crippen LogP contribution in [0.2, 0.25) is 5.02 Å². The minimum Gasteiger partial charge on any atom is -0.486 e. The van der Waals surface area contributed by atoms with Crippen LogP contribution in [0.3, 0.4) is 0 Å². The fourth-order valence-electron chi connectivity index (χ4n) is 3.32. The summed E-state index contributed by atoms with van der Waals surface area (Å²) in [5.74, 6) is 0.700. The molecule has 0 aromatic heterocycles. The Kier molecular flexibility index (Phi) is 5.13. The lowest BCUT2D eigenvalue weighted by Gasteiger charge is -2.24. The van der Waals surface area contributed by atoms with Gasteiger partial charge in [0.15, 0.2) is 11.5 Å². The van der Waals surface area contributed by atoms with Gasteiger partial charge in [0.25, 0.3) is 0 Å². The van der Waals surface area contributed by atoms with Crippen molar-refractivity contribution in [2.24, 2.45) is 5.73 Å². The van der Waals surface area contributed by atoms with Crippen molar-refractivity contribution in [1.29, 1.82) is 0 Å². The Hall–Kier alpha value is -2.73. The largest absolute Gasteiger partial charge is 0.486 e. The van der Waals surface area contributed by atoms with Crippen LogP contribution in [-0.4, -0.2) is 36.0 Å². The Morgan fingerprint density at radius 1 is 1.07 bits per heavy atom. The lowest BCUT2D eigenvalue weighted by Crippen LogP contribution is -2.33. The number of carbonyl (C=O) groups excluding carboxylic acids is 2. The van der Waals surface area contributed by atoms with Crippen LogP contribution < -0.4 is 15.2 Å². The molecule has 0 radical (unpaired) electrons. The number of hydrogen-bond donors (Lipinski definition) is 1. The topological polar surface area (TPSA) is 81.9 Å². The van der Waals surface area contributed by atoms with E-state index in [1.807, 2.05) is 23.1 Å². The smallest absolute Gasteiger partial charge is 0.248 e. The molecule has 2 aliphatic rings. The summed E-state index contributed by atoms with van der Waals surface area (Å²) in [6.07, 6.45) is 2.26. The van der Waals surface area contributed by atoms with E-state index in [9.17, 15) is 9.59 Å². The molecule has 2 aromatic rings. The number of amides is 2. The van der Waals surface area contributed by atoms with Gasteiger partial charge in [0.1, 0.15) is 13.2 Å². The molecular formula is C21H21ClN2O4. The molecule has 0 spiro atoms. The van der Waals surface area contributed by atoms with Gasteiger partial charge in [-0.15, -0.1) is 0 Å². The second-order valence-corrected chi connectivity index (χ2v) is 7.50. The summed E-state index contributed by atoms with van der Waals surface area (Å²) in [5.41, 5.74) is 7.51. The van der Waals surface area contributed by atoms with Crippen LogP contribution in [0, 0.1) is 0 Å². The Balaban J connectivity index is 1.48. The van der Waals surface area contributed by atoms with Crippen molar-refractivity contribution in [2.75, 3.05) is 13.2 Å². The number of nitrogens with zero attached hydrogens (tertiary/aromatic N) is 1. The molecular weight excluding hydrogens is 380 g/mol. The molecule has 0 saturated heterocycles. The van der Waals surface area contributed by atoms with Gasteiger partial charge in [-0.05, 0) is 48.2 Å². The monoisotopic (exact) mass is 400 g/mol. The Morgan fingerprint density at radius 3 is 2.46 bits per heavy atom. The number of carbonyl (C=O) groups is 2. The zero-order valence-electron chi connectivity index (χ0n) is 15.3. The van der Waals surface area contributed by atoms with Gasteiger partial charge in [-0.1, -0.05) is 23.7 Å². The van der Waals surface area contributed by atoms with E-state index in [-0.39, 0.29) is 18.4 Å². The van der Waals surface area contributed by atoms with Crippen LogP contribution in [-0.2, 0) is 17.8 Å².